The fraction of sp³-hybridized carbons (Fsp3) is 0.632. The number of carbonyl (C=O) groups is 25. The van der Waals surface area contributed by atoms with E-state index < -0.39 is 375 Å². The van der Waals surface area contributed by atoms with Crippen molar-refractivity contribution in [2.45, 2.75) is 276 Å². The maximum Gasteiger partial charge on any atom is 0.303 e. The van der Waals surface area contributed by atoms with Gasteiger partial charge in [-0.05, 0) is 122 Å². The van der Waals surface area contributed by atoms with Crippen LogP contribution in [-0.4, -0.2) is 285 Å². The third-order valence-electron chi connectivity index (χ3n) is 22.1. The average molecular weight is 1900 g/mol. The van der Waals surface area contributed by atoms with Gasteiger partial charge in [0, 0.05) is 157 Å². The minimum atomic E-state index is -2.04. The highest BCUT2D eigenvalue weighted by atomic mass is 16.5. The summed E-state index contributed by atoms with van der Waals surface area (Å²) >= 11 is 0. The number of carboxylic acid groups (broad SMARTS) is 9. The Balaban J connectivity index is 2.59. The van der Waals surface area contributed by atoms with Crippen LogP contribution in [0.3, 0.4) is 0 Å². The van der Waals surface area contributed by atoms with E-state index in [0.717, 1.165) is 0 Å². The second-order valence-corrected chi connectivity index (χ2v) is 33.5. The van der Waals surface area contributed by atoms with Crippen molar-refractivity contribution in [2.75, 3.05) is 32.8 Å². The van der Waals surface area contributed by atoms with Gasteiger partial charge in [-0.1, -0.05) is 45.0 Å². The number of hydrogen-bond acceptors (Lipinski definition) is 28. The highest BCUT2D eigenvalue weighted by molar-refractivity contribution is 6.01. The van der Waals surface area contributed by atoms with Gasteiger partial charge in [0.05, 0.1) is 42.9 Å². The zero-order valence-corrected chi connectivity index (χ0v) is 75.5. The van der Waals surface area contributed by atoms with Crippen LogP contribution in [0, 0.1) is 46.8 Å². The van der Waals surface area contributed by atoms with E-state index in [1.54, 1.807) is 6.92 Å². The van der Waals surface area contributed by atoms with Crippen LogP contribution in [0.5, 0.6) is 0 Å². The number of likely N-dealkylation sites (tertiary alicyclic amines) is 1. The summed E-state index contributed by atoms with van der Waals surface area (Å²) in [6, 6.07) is -6.85. The van der Waals surface area contributed by atoms with Gasteiger partial charge in [0.2, 0.25) is 47.3 Å². The molecule has 22 N–H and O–H groups in total. The fourth-order valence-electron chi connectivity index (χ4n) is 14.5. The highest BCUT2D eigenvalue weighted by Gasteiger charge is 2.42. The van der Waals surface area contributed by atoms with Gasteiger partial charge in [0.15, 0.2) is 40.7 Å². The molecule has 134 heavy (non-hydrogen) atoms. The van der Waals surface area contributed by atoms with Crippen molar-refractivity contribution in [1.82, 2.24) is 47.4 Å². The molecule has 1 unspecified atom stereocenters. The van der Waals surface area contributed by atoms with E-state index in [1.165, 1.54) is 43.0 Å². The number of nitrogens with two attached hydrogens (primary N) is 2. The van der Waals surface area contributed by atoms with Gasteiger partial charge in [0.25, 0.3) is 0 Å². The zero-order valence-electron chi connectivity index (χ0n) is 75.5. The first-order valence-corrected chi connectivity index (χ1v) is 43.8. The molecule has 744 valence electrons. The summed E-state index contributed by atoms with van der Waals surface area (Å²) in [5.41, 5.74) is 11.9. The molecule has 1 heterocycles. The van der Waals surface area contributed by atoms with Gasteiger partial charge >= 0.3 is 53.7 Å². The Morgan fingerprint density at radius 2 is 0.776 bits per heavy atom. The number of aliphatic carboxylic acids is 9. The Labute approximate surface area is 770 Å². The van der Waals surface area contributed by atoms with Crippen LogP contribution < -0.4 is 54.0 Å². The molecule has 47 heteroatoms. The number of amides is 8. The number of guanidine groups is 1. The lowest BCUT2D eigenvalue weighted by molar-refractivity contribution is -0.142. The van der Waals surface area contributed by atoms with Crippen LogP contribution in [0.4, 0.5) is 0 Å². The van der Waals surface area contributed by atoms with E-state index in [-0.39, 0.29) is 92.9 Å². The van der Waals surface area contributed by atoms with Gasteiger partial charge in [-0.25, -0.2) is 0 Å². The molecule has 0 aromatic heterocycles. The van der Waals surface area contributed by atoms with Gasteiger partial charge in [0.1, 0.15) is 30.3 Å². The number of carbonyl (C=O) groups excluding carboxylic acids is 16. The van der Waals surface area contributed by atoms with E-state index >= 15 is 0 Å². The maximum atomic E-state index is 14.7. The molecule has 8 amide bonds. The van der Waals surface area contributed by atoms with Crippen molar-refractivity contribution in [2.24, 2.45) is 52.9 Å². The summed E-state index contributed by atoms with van der Waals surface area (Å²) in [4.78, 5) is 331. The summed E-state index contributed by atoms with van der Waals surface area (Å²) < 4.78 is 5.59. The monoisotopic (exact) mass is 1900 g/mol. The number of benzene rings is 1. The Morgan fingerprint density at radius 1 is 0.418 bits per heavy atom. The third kappa shape index (κ3) is 47.2. The molecule has 0 spiro atoms. The zero-order chi connectivity index (χ0) is 101. The lowest BCUT2D eigenvalue weighted by Crippen LogP contribution is -2.56. The van der Waals surface area contributed by atoms with Crippen LogP contribution in [0.2, 0.25) is 0 Å². The Morgan fingerprint density at radius 3 is 1.13 bits per heavy atom. The van der Waals surface area contributed by atoms with E-state index in [0.29, 0.717) is 12.0 Å². The van der Waals surface area contributed by atoms with Crippen LogP contribution in [-0.2, 0) is 126 Å². The van der Waals surface area contributed by atoms with E-state index in [4.69, 9.17) is 26.7 Å². The minimum absolute atomic E-state index is 0.0413. The first-order valence-electron chi connectivity index (χ1n) is 43.8. The number of nitrogens with zero attached hydrogens (tertiary/aromatic N) is 1. The number of hydrogen-bond donors (Lipinski definition) is 20. The molecule has 1 fully saturated rings. The summed E-state index contributed by atoms with van der Waals surface area (Å²) in [5.74, 6) is -38.4. The topological polar surface area (TPSA) is 793 Å². The Bertz CT molecular complexity index is 4380. The van der Waals surface area contributed by atoms with Gasteiger partial charge in [-0.2, -0.15) is 0 Å². The Kier molecular flexibility index (Phi) is 53.0. The van der Waals surface area contributed by atoms with Crippen LogP contribution in [0.1, 0.15) is 237 Å². The number of ketones is 8. The van der Waals surface area contributed by atoms with E-state index in [9.17, 15) is 161 Å². The SMILES string of the molecule is CC(=O)c1ccc(CC(CC(=O)[C@@H](CCC(=O)O)NC(=O)[C@@H](CCC(=O)O)CC(=O)[C@@H](CCC(=O)O)NC(=O)[C@@H](CCC(=O)O)CC(=O)[C@@H](CCC(=O)O)NC(=O)[C@@H](CCC(=O)O)CC(=O)[C@@H](CCC(=O)O)NC(=O)[C@@H](CCC(=O)O)CC(=O)[C@H](N)CCC(=O)O)C(=O)NCCOCC(=O)N[C@@H](CCCNC(=N)N)C(=O)N2CCC[C@H]2C(=O)N[C@@H](CC(C)C)C(=O)C[C@@H](C)C(C)=O)cc1. The third-order valence-corrected chi connectivity index (χ3v) is 22.1. The number of ether oxygens (including phenoxy) is 1. The standard InChI is InChI=1S/C87H126N12O35/c1-45(2)36-62(65(103)37-46(3)47(4)100)98-85(132)63-9-7-34-99(63)86(133)61(8-6-32-92-87(89)90)93-70(108)44-134-35-33-91-80(127)55(38-49-10-12-50(13-11-49)48(5)101)43-69(107)60(22-31-79(125)126)97-84(131)54(17-26-74(115)116)42-68(106)59(21-30-78(123)124)96-83(130)53(16-25-73(113)114)41-67(105)58(20-29-77(121)122)95-82(129)52(15-24-72(111)112)40-66(104)57(19-28-76(119)120)94-81(128)51(14-23-71(109)110)39-64(102)56(88)18-27-75(117)118/h10-13,45-46,51-63H,6-9,14-44,88H2,1-5H3,(H,91,127)(H,93,108)(H,94,128)(H,95,129)(H,96,130)(H,97,131)(H,98,132)(H,109,110)(H,111,112)(H,113,114)(H,115,116)(H,117,118)(H,119,120)(H,121,122)(H,123,124)(H,125,126)(H4,89,90,92)/t46-,51+,52+,53+,54+,55?,56-,57-,58-,59-,60-,61+,62+,63+/m1/s1. The predicted molar refractivity (Wildman–Crippen MR) is 464 cm³/mol. The molecule has 0 radical (unpaired) electrons. The average Bonchev–Trinajstić information content (AvgIpc) is 1.67. The van der Waals surface area contributed by atoms with Gasteiger partial charge in [-0.3, -0.25) is 125 Å². The highest BCUT2D eigenvalue weighted by Crippen LogP contribution is 2.27. The molecule has 1 aromatic rings. The van der Waals surface area contributed by atoms with Crippen molar-refractivity contribution in [3.63, 3.8) is 0 Å². The second kappa shape index (κ2) is 60.7. The Hall–Kier alpha value is -13.2. The summed E-state index contributed by atoms with van der Waals surface area (Å²) in [6.07, 6.45) is -18.8. The molecule has 0 bridgehead atoms. The lowest BCUT2D eigenvalue weighted by atomic mass is 9.88. The maximum absolute atomic E-state index is 14.7. The molecule has 14 atom stereocenters. The van der Waals surface area contributed by atoms with Gasteiger partial charge < -0.3 is 110 Å². The van der Waals surface area contributed by atoms with Crippen molar-refractivity contribution in [1.29, 1.82) is 5.41 Å². The predicted octanol–water partition coefficient (Wildman–Crippen LogP) is -0.0545. The molecule has 1 aromatic carbocycles. The molecule has 0 saturated carbocycles. The molecule has 1 saturated heterocycles. The molecule has 1 aliphatic heterocycles. The van der Waals surface area contributed by atoms with Crippen molar-refractivity contribution in [3.05, 3.63) is 35.4 Å². The fourth-order valence-corrected chi connectivity index (χ4v) is 14.5. The van der Waals surface area contributed by atoms with Gasteiger partial charge in [-0.15, -0.1) is 0 Å². The summed E-state index contributed by atoms with van der Waals surface area (Å²) in [7, 11) is 0. The largest absolute Gasteiger partial charge is 0.481 e. The second-order valence-electron chi connectivity index (χ2n) is 33.5. The number of Topliss-reactive ketones (excluding diaryl/α,β-unsaturated/α-hetero) is 8. The van der Waals surface area contributed by atoms with Crippen molar-refractivity contribution < 1.29 is 171 Å². The molecule has 1 aliphatic rings. The molecule has 47 nitrogen and oxygen atoms in total. The number of nitrogens with one attached hydrogen (secondary N) is 9. The molecule has 2 rings (SSSR count). The van der Waals surface area contributed by atoms with E-state index in [2.05, 4.69) is 42.5 Å². The smallest absolute Gasteiger partial charge is 0.303 e. The molecule has 0 aliphatic carbocycles. The normalized spacial score (nSPS) is 15.2. The minimum Gasteiger partial charge on any atom is -0.481 e. The van der Waals surface area contributed by atoms with Crippen molar-refractivity contribution in [3.8, 4) is 0 Å². The summed E-state index contributed by atoms with van der Waals surface area (Å²) in [6.45, 7) is 6.57. The van der Waals surface area contributed by atoms with Crippen LogP contribution in [0.15, 0.2) is 24.3 Å². The van der Waals surface area contributed by atoms with Crippen molar-refractivity contribution >= 4 is 153 Å². The number of rotatable bonds is 73. The van der Waals surface area contributed by atoms with Crippen LogP contribution in [0.25, 0.3) is 0 Å². The lowest BCUT2D eigenvalue weighted by Gasteiger charge is -2.30. The van der Waals surface area contributed by atoms with Crippen LogP contribution >= 0.6 is 0 Å². The van der Waals surface area contributed by atoms with E-state index in [1.807, 2.05) is 13.8 Å². The molecular weight excluding hydrogens is 1770 g/mol. The summed E-state index contributed by atoms with van der Waals surface area (Å²) in [5, 5.41) is 114. The number of carboxylic acids is 9. The quantitative estimate of drug-likeness (QED) is 0.0176. The first kappa shape index (κ1) is 117. The molecular formula is C87H126N12O35. The first-order chi connectivity index (χ1) is 62.8.